The Kier molecular flexibility index (Phi) is 4.25. The number of imide groups is 1. The van der Waals surface area contributed by atoms with Crippen molar-refractivity contribution in [3.63, 3.8) is 0 Å². The topological polar surface area (TPSA) is 113 Å². The Labute approximate surface area is 176 Å². The first-order valence-corrected chi connectivity index (χ1v) is 9.69. The van der Waals surface area contributed by atoms with Gasteiger partial charge in [0.1, 0.15) is 6.04 Å². The summed E-state index contributed by atoms with van der Waals surface area (Å²) in [7, 11) is 0. The fourth-order valence-corrected chi connectivity index (χ4v) is 4.59. The Hall–Kier alpha value is -4.14. The molecule has 2 amide bonds. The highest BCUT2D eigenvalue weighted by molar-refractivity contribution is 6.24. The number of hydrogen-bond donors (Lipinski definition) is 0. The Morgan fingerprint density at radius 3 is 2.32 bits per heavy atom. The van der Waals surface area contributed by atoms with Crippen molar-refractivity contribution in [1.82, 2.24) is 5.01 Å². The molecule has 9 nitrogen and oxygen atoms in total. The van der Waals surface area contributed by atoms with Gasteiger partial charge in [-0.2, -0.15) is 5.10 Å². The van der Waals surface area contributed by atoms with Crippen LogP contribution in [0.4, 0.5) is 11.4 Å². The average Bonchev–Trinajstić information content (AvgIpc) is 3.27. The summed E-state index contributed by atoms with van der Waals surface area (Å²) in [5.74, 6) is -2.90. The van der Waals surface area contributed by atoms with Crippen LogP contribution in [0.25, 0.3) is 0 Å². The van der Waals surface area contributed by atoms with Gasteiger partial charge in [-0.3, -0.25) is 29.5 Å². The number of carbonyl (C=O) groups is 3. The summed E-state index contributed by atoms with van der Waals surface area (Å²) in [6.45, 7) is 0. The van der Waals surface area contributed by atoms with Crippen LogP contribution in [0.1, 0.15) is 10.4 Å². The van der Waals surface area contributed by atoms with Crippen molar-refractivity contribution in [2.24, 2.45) is 16.9 Å². The van der Waals surface area contributed by atoms with Gasteiger partial charge in [-0.25, -0.2) is 4.90 Å². The molecule has 9 heteroatoms. The number of non-ortho nitro benzene ring substituents is 1. The van der Waals surface area contributed by atoms with E-state index in [1.165, 1.54) is 30.5 Å². The third-order valence-electron chi connectivity index (χ3n) is 5.94. The zero-order valence-electron chi connectivity index (χ0n) is 16.1. The van der Waals surface area contributed by atoms with Crippen LogP contribution in [0.3, 0.4) is 0 Å². The highest BCUT2D eigenvalue weighted by atomic mass is 16.6. The number of nitro groups is 1. The summed E-state index contributed by atoms with van der Waals surface area (Å²) >= 11 is 0. The van der Waals surface area contributed by atoms with Crippen LogP contribution >= 0.6 is 0 Å². The molecule has 0 spiro atoms. The molecule has 0 saturated carbocycles. The normalized spacial score (nSPS) is 26.2. The monoisotopic (exact) mass is 416 g/mol. The Bertz CT molecular complexity index is 1160. The molecule has 31 heavy (non-hydrogen) atoms. The van der Waals surface area contributed by atoms with Crippen LogP contribution in [-0.4, -0.2) is 45.8 Å². The van der Waals surface area contributed by atoms with Gasteiger partial charge in [0, 0.05) is 23.9 Å². The maximum Gasteiger partial charge on any atom is 0.269 e. The van der Waals surface area contributed by atoms with Gasteiger partial charge in [0.15, 0.2) is 5.78 Å². The number of allylic oxidation sites excluding steroid dienone is 1. The number of benzene rings is 2. The average molecular weight is 416 g/mol. The van der Waals surface area contributed by atoms with Crippen LogP contribution in [0.2, 0.25) is 0 Å². The molecule has 5 rings (SSSR count). The quantitative estimate of drug-likeness (QED) is 0.327. The molecule has 0 aromatic heterocycles. The van der Waals surface area contributed by atoms with Crippen LogP contribution in [-0.2, 0) is 9.59 Å². The molecule has 3 aliphatic heterocycles. The second-order valence-corrected chi connectivity index (χ2v) is 7.53. The van der Waals surface area contributed by atoms with Gasteiger partial charge in [-0.1, -0.05) is 36.4 Å². The number of fused-ring (bicyclic) bond motifs is 3. The number of hydrogen-bond acceptors (Lipinski definition) is 7. The van der Waals surface area contributed by atoms with E-state index in [2.05, 4.69) is 5.10 Å². The second kappa shape index (κ2) is 6.98. The molecule has 2 aromatic carbocycles. The molecule has 0 aliphatic carbocycles. The Balaban J connectivity index is 1.55. The van der Waals surface area contributed by atoms with Crippen molar-refractivity contribution in [2.75, 3.05) is 4.90 Å². The zero-order valence-corrected chi connectivity index (χ0v) is 16.1. The third-order valence-corrected chi connectivity index (χ3v) is 5.94. The lowest BCUT2D eigenvalue weighted by Gasteiger charge is -2.30. The molecule has 154 valence electrons. The summed E-state index contributed by atoms with van der Waals surface area (Å²) in [5, 5.41) is 16.8. The molecule has 0 bridgehead atoms. The fourth-order valence-electron chi connectivity index (χ4n) is 4.59. The predicted octanol–water partition coefficient (Wildman–Crippen LogP) is 2.19. The zero-order chi connectivity index (χ0) is 21.7. The number of rotatable bonds is 4. The molecule has 2 fully saturated rings. The van der Waals surface area contributed by atoms with Crippen molar-refractivity contribution in [1.29, 1.82) is 0 Å². The van der Waals surface area contributed by atoms with E-state index in [1.807, 2.05) is 0 Å². The van der Waals surface area contributed by atoms with Gasteiger partial charge in [0.25, 0.3) is 5.69 Å². The second-order valence-electron chi connectivity index (χ2n) is 7.53. The minimum atomic E-state index is -0.918. The molecule has 3 aliphatic rings. The standard InChI is InChI=1S/C22H16N4O5/c27-20(13-5-2-1-3-6-13)19-18-17(16-7-4-12-23-25(16)19)21(28)24(22(18)29)14-8-10-15(11-9-14)26(30)31/h1-12,16-19H/t16-,17+,18+,19-/m0/s1. The molecule has 2 aromatic rings. The highest BCUT2D eigenvalue weighted by Crippen LogP contribution is 2.46. The predicted molar refractivity (Wildman–Crippen MR) is 110 cm³/mol. The molecule has 2 saturated heterocycles. The summed E-state index contributed by atoms with van der Waals surface area (Å²) in [6, 6.07) is 12.4. The van der Waals surface area contributed by atoms with Gasteiger partial charge in [-0.05, 0) is 18.2 Å². The van der Waals surface area contributed by atoms with Crippen molar-refractivity contribution in [3.8, 4) is 0 Å². The first-order valence-electron chi connectivity index (χ1n) is 9.69. The molecular weight excluding hydrogens is 400 g/mol. The number of nitrogens with zero attached hydrogens (tertiary/aromatic N) is 4. The van der Waals surface area contributed by atoms with Crippen LogP contribution < -0.4 is 4.90 Å². The van der Waals surface area contributed by atoms with E-state index in [-0.39, 0.29) is 17.2 Å². The number of anilines is 1. The van der Waals surface area contributed by atoms with Crippen molar-refractivity contribution >= 4 is 35.2 Å². The number of nitro benzene ring substituents is 1. The first kappa shape index (κ1) is 18.9. The van der Waals surface area contributed by atoms with Gasteiger partial charge >= 0.3 is 0 Å². The van der Waals surface area contributed by atoms with E-state index in [4.69, 9.17) is 0 Å². The van der Waals surface area contributed by atoms with Crippen LogP contribution in [0.5, 0.6) is 0 Å². The number of hydrazone groups is 1. The summed E-state index contributed by atoms with van der Waals surface area (Å²) in [4.78, 5) is 51.5. The lowest BCUT2D eigenvalue weighted by atomic mass is 9.86. The Morgan fingerprint density at radius 1 is 0.968 bits per heavy atom. The first-order chi connectivity index (χ1) is 15.0. The maximum absolute atomic E-state index is 13.4. The van der Waals surface area contributed by atoms with Crippen molar-refractivity contribution < 1.29 is 19.3 Å². The fraction of sp³-hybridized carbons (Fsp3) is 0.182. The van der Waals surface area contributed by atoms with Gasteiger partial charge in [-0.15, -0.1) is 0 Å². The smallest absolute Gasteiger partial charge is 0.269 e. The van der Waals surface area contributed by atoms with Gasteiger partial charge < -0.3 is 0 Å². The minimum Gasteiger partial charge on any atom is -0.292 e. The van der Waals surface area contributed by atoms with E-state index < -0.39 is 40.7 Å². The lowest BCUT2D eigenvalue weighted by Crippen LogP contribution is -2.46. The molecule has 3 heterocycles. The van der Waals surface area contributed by atoms with Crippen LogP contribution in [0, 0.1) is 22.0 Å². The molecule has 0 N–H and O–H groups in total. The number of amides is 2. The summed E-state index contributed by atoms with van der Waals surface area (Å²) < 4.78 is 0. The van der Waals surface area contributed by atoms with Gasteiger partial charge in [0.05, 0.1) is 28.5 Å². The van der Waals surface area contributed by atoms with E-state index in [0.29, 0.717) is 5.56 Å². The van der Waals surface area contributed by atoms with E-state index in [0.717, 1.165) is 4.90 Å². The lowest BCUT2D eigenvalue weighted by molar-refractivity contribution is -0.384. The van der Waals surface area contributed by atoms with E-state index in [1.54, 1.807) is 47.5 Å². The SMILES string of the molecule is O=C(c1ccccc1)[C@@H]1[C@@H]2C(=O)N(c3ccc([N+](=O)[O-])cc3)C(=O)[C@@H]2[C@@H]2C=CC=NN12. The number of carbonyl (C=O) groups excluding carboxylic acids is 3. The summed E-state index contributed by atoms with van der Waals surface area (Å²) in [6.07, 6.45) is 5.00. The van der Waals surface area contributed by atoms with E-state index in [9.17, 15) is 24.5 Å². The molecule has 4 atom stereocenters. The van der Waals surface area contributed by atoms with Gasteiger partial charge in [0.2, 0.25) is 11.8 Å². The largest absolute Gasteiger partial charge is 0.292 e. The number of Topliss-reactive ketones (excluding diaryl/α,β-unsaturated/α-hetero) is 1. The van der Waals surface area contributed by atoms with E-state index >= 15 is 0 Å². The number of ketones is 1. The molecular formula is C22H16N4O5. The highest BCUT2D eigenvalue weighted by Gasteiger charge is 2.64. The Morgan fingerprint density at radius 2 is 1.65 bits per heavy atom. The van der Waals surface area contributed by atoms with Crippen LogP contribution in [0.15, 0.2) is 71.9 Å². The van der Waals surface area contributed by atoms with Crippen molar-refractivity contribution in [2.45, 2.75) is 12.1 Å². The third kappa shape index (κ3) is 2.77. The minimum absolute atomic E-state index is 0.143. The summed E-state index contributed by atoms with van der Waals surface area (Å²) in [5.41, 5.74) is 0.539. The van der Waals surface area contributed by atoms with Crippen molar-refractivity contribution in [3.05, 3.63) is 82.4 Å². The molecule has 0 radical (unpaired) electrons. The maximum atomic E-state index is 13.4. The molecule has 0 unspecified atom stereocenters.